The monoisotopic (exact) mass is 457 g/mol. The van der Waals surface area contributed by atoms with Crippen molar-refractivity contribution in [3.05, 3.63) is 62.7 Å². The van der Waals surface area contributed by atoms with Gasteiger partial charge in [-0.15, -0.1) is 0 Å². The molecule has 1 atom stereocenters. The summed E-state index contributed by atoms with van der Waals surface area (Å²) in [5, 5.41) is 14.1. The average molecular weight is 459 g/mol. The van der Waals surface area contributed by atoms with E-state index in [9.17, 15) is 9.90 Å². The molecule has 2 aromatic carbocycles. The van der Waals surface area contributed by atoms with Crippen LogP contribution in [0.1, 0.15) is 10.6 Å². The molecule has 0 saturated carbocycles. The number of amides is 1. The van der Waals surface area contributed by atoms with Crippen molar-refractivity contribution in [2.24, 2.45) is 0 Å². The normalized spacial score (nSPS) is 12.2. The Kier molecular flexibility index (Phi) is 6.09. The molecule has 0 radical (unpaired) electrons. The highest BCUT2D eigenvalue weighted by atomic mass is 79.9. The number of fused-ring (bicyclic) bond motifs is 1. The maximum Gasteiger partial charge on any atom is 0.287 e. The molecule has 2 N–H and O–H groups in total. The van der Waals surface area contributed by atoms with Crippen molar-refractivity contribution in [2.45, 2.75) is 6.10 Å². The van der Waals surface area contributed by atoms with Crippen molar-refractivity contribution in [3.8, 4) is 5.75 Å². The molecule has 0 spiro atoms. The lowest BCUT2D eigenvalue weighted by atomic mass is 10.2. The Morgan fingerprint density at radius 3 is 2.81 bits per heavy atom. The summed E-state index contributed by atoms with van der Waals surface area (Å²) in [7, 11) is 0. The molecule has 3 rings (SSSR count). The third kappa shape index (κ3) is 4.32. The molecule has 1 heterocycles. The van der Waals surface area contributed by atoms with Crippen LogP contribution in [0.3, 0.4) is 0 Å². The molecule has 3 aromatic rings. The number of ether oxygens (including phenoxy) is 1. The summed E-state index contributed by atoms with van der Waals surface area (Å²) >= 11 is 15.3. The van der Waals surface area contributed by atoms with Gasteiger partial charge in [0.15, 0.2) is 5.76 Å². The summed E-state index contributed by atoms with van der Waals surface area (Å²) in [4.78, 5) is 12.2. The van der Waals surface area contributed by atoms with Gasteiger partial charge < -0.3 is 19.6 Å². The van der Waals surface area contributed by atoms with Gasteiger partial charge in [-0.25, -0.2) is 0 Å². The number of furan rings is 1. The predicted octanol–water partition coefficient (Wildman–Crippen LogP) is 4.67. The van der Waals surface area contributed by atoms with Gasteiger partial charge in [0.1, 0.15) is 29.1 Å². The van der Waals surface area contributed by atoms with E-state index >= 15 is 0 Å². The van der Waals surface area contributed by atoms with E-state index in [1.165, 1.54) is 0 Å². The molecule has 0 aliphatic heterocycles. The fraction of sp³-hybridized carbons (Fsp3) is 0.167. The van der Waals surface area contributed by atoms with Crippen LogP contribution < -0.4 is 10.1 Å². The van der Waals surface area contributed by atoms with E-state index in [2.05, 4.69) is 21.2 Å². The Morgan fingerprint density at radius 1 is 1.27 bits per heavy atom. The summed E-state index contributed by atoms with van der Waals surface area (Å²) in [6.07, 6.45) is -0.926. The lowest BCUT2D eigenvalue weighted by Crippen LogP contribution is -2.35. The zero-order valence-electron chi connectivity index (χ0n) is 13.3. The van der Waals surface area contributed by atoms with Gasteiger partial charge in [-0.1, -0.05) is 41.4 Å². The first-order valence-corrected chi connectivity index (χ1v) is 9.21. The number of hydrogen-bond donors (Lipinski definition) is 2. The lowest BCUT2D eigenvalue weighted by molar-refractivity contribution is 0.0824. The molecule has 0 aliphatic carbocycles. The molecule has 136 valence electrons. The third-order valence-corrected chi connectivity index (χ3v) is 4.99. The van der Waals surface area contributed by atoms with Gasteiger partial charge in [-0.05, 0) is 40.2 Å². The number of para-hydroxylation sites is 1. The van der Waals surface area contributed by atoms with E-state index in [4.69, 9.17) is 32.4 Å². The second-order valence-corrected chi connectivity index (χ2v) is 7.14. The van der Waals surface area contributed by atoms with Crippen LogP contribution in [-0.2, 0) is 0 Å². The van der Waals surface area contributed by atoms with E-state index in [0.717, 1.165) is 9.86 Å². The minimum absolute atomic E-state index is 0.00473. The number of benzene rings is 2. The van der Waals surface area contributed by atoms with E-state index in [1.807, 2.05) is 18.2 Å². The van der Waals surface area contributed by atoms with Crippen molar-refractivity contribution < 1.29 is 19.1 Å². The SMILES string of the molecule is O=C(NCC(O)COc1cccc(Cl)c1Cl)c1cc2cccc(Br)c2o1. The maximum atomic E-state index is 12.2. The van der Waals surface area contributed by atoms with Gasteiger partial charge >= 0.3 is 0 Å². The molecule has 0 bridgehead atoms. The molecule has 0 saturated heterocycles. The summed E-state index contributed by atoms with van der Waals surface area (Å²) < 4.78 is 11.7. The molecular weight excluding hydrogens is 445 g/mol. The molecule has 1 aromatic heterocycles. The van der Waals surface area contributed by atoms with Crippen LogP contribution in [0.4, 0.5) is 0 Å². The molecule has 26 heavy (non-hydrogen) atoms. The van der Waals surface area contributed by atoms with Crippen LogP contribution in [0.25, 0.3) is 11.0 Å². The molecular formula is C18H14BrCl2NO4. The number of carbonyl (C=O) groups is 1. The van der Waals surface area contributed by atoms with E-state index < -0.39 is 12.0 Å². The van der Waals surface area contributed by atoms with Gasteiger partial charge in [0.2, 0.25) is 0 Å². The number of rotatable bonds is 6. The average Bonchev–Trinajstić information content (AvgIpc) is 3.07. The van der Waals surface area contributed by atoms with E-state index in [1.54, 1.807) is 24.3 Å². The van der Waals surface area contributed by atoms with Gasteiger partial charge in [-0.3, -0.25) is 4.79 Å². The number of halogens is 3. The molecule has 5 nitrogen and oxygen atoms in total. The number of hydrogen-bond acceptors (Lipinski definition) is 4. The van der Waals surface area contributed by atoms with Crippen molar-refractivity contribution in [1.29, 1.82) is 0 Å². The largest absolute Gasteiger partial charge is 0.489 e. The number of nitrogens with one attached hydrogen (secondary N) is 1. The second kappa shape index (κ2) is 8.31. The van der Waals surface area contributed by atoms with Gasteiger partial charge in [-0.2, -0.15) is 0 Å². The van der Waals surface area contributed by atoms with Gasteiger partial charge in [0.05, 0.1) is 9.50 Å². The Hall–Kier alpha value is -1.73. The number of aliphatic hydroxyl groups excluding tert-OH is 1. The van der Waals surface area contributed by atoms with Crippen LogP contribution in [0, 0.1) is 0 Å². The quantitative estimate of drug-likeness (QED) is 0.562. The standard InChI is InChI=1S/C18H14BrCl2NO4/c19-12-4-1-3-10-7-15(26-17(10)12)18(24)22-8-11(23)9-25-14-6-2-5-13(20)16(14)21/h1-7,11,23H,8-9H2,(H,22,24). The minimum atomic E-state index is -0.926. The highest BCUT2D eigenvalue weighted by Gasteiger charge is 2.16. The predicted molar refractivity (Wildman–Crippen MR) is 104 cm³/mol. The van der Waals surface area contributed by atoms with Crippen molar-refractivity contribution >= 4 is 56.0 Å². The highest BCUT2D eigenvalue weighted by molar-refractivity contribution is 9.10. The van der Waals surface area contributed by atoms with Crippen molar-refractivity contribution in [1.82, 2.24) is 5.32 Å². The maximum absolute atomic E-state index is 12.2. The minimum Gasteiger partial charge on any atom is -0.489 e. The Bertz CT molecular complexity index is 944. The number of aliphatic hydroxyl groups is 1. The first kappa shape index (κ1) is 19.0. The topological polar surface area (TPSA) is 71.7 Å². The Balaban J connectivity index is 1.55. The third-order valence-electron chi connectivity index (χ3n) is 3.57. The zero-order valence-corrected chi connectivity index (χ0v) is 16.4. The van der Waals surface area contributed by atoms with Crippen molar-refractivity contribution in [3.63, 3.8) is 0 Å². The fourth-order valence-electron chi connectivity index (χ4n) is 2.28. The molecule has 8 heteroatoms. The molecule has 1 unspecified atom stereocenters. The Morgan fingerprint density at radius 2 is 2.04 bits per heavy atom. The van der Waals surface area contributed by atoms with Crippen LogP contribution >= 0.6 is 39.1 Å². The summed E-state index contributed by atoms with van der Waals surface area (Å²) in [6, 6.07) is 12.1. The van der Waals surface area contributed by atoms with Crippen LogP contribution in [0.5, 0.6) is 5.75 Å². The van der Waals surface area contributed by atoms with E-state index in [0.29, 0.717) is 16.4 Å². The summed E-state index contributed by atoms with van der Waals surface area (Å²) in [5.41, 5.74) is 0.595. The first-order valence-electron chi connectivity index (χ1n) is 7.67. The number of carbonyl (C=O) groups excluding carboxylic acids is 1. The highest BCUT2D eigenvalue weighted by Crippen LogP contribution is 2.31. The van der Waals surface area contributed by atoms with Gasteiger partial charge in [0.25, 0.3) is 5.91 Å². The lowest BCUT2D eigenvalue weighted by Gasteiger charge is -2.14. The Labute approximate surface area is 168 Å². The molecule has 0 aliphatic rings. The second-order valence-electron chi connectivity index (χ2n) is 5.50. The van der Waals surface area contributed by atoms with E-state index in [-0.39, 0.29) is 23.9 Å². The van der Waals surface area contributed by atoms with Crippen molar-refractivity contribution in [2.75, 3.05) is 13.2 Å². The smallest absolute Gasteiger partial charge is 0.287 e. The van der Waals surface area contributed by atoms with Crippen LogP contribution in [-0.4, -0.2) is 30.3 Å². The van der Waals surface area contributed by atoms with Crippen LogP contribution in [0.2, 0.25) is 10.0 Å². The molecule has 0 fully saturated rings. The summed E-state index contributed by atoms with van der Waals surface area (Å²) in [6.45, 7) is -0.0543. The fourth-order valence-corrected chi connectivity index (χ4v) is 3.09. The van der Waals surface area contributed by atoms with Gasteiger partial charge in [0, 0.05) is 11.9 Å². The molecule has 1 amide bonds. The summed E-state index contributed by atoms with van der Waals surface area (Å²) in [5.74, 6) is 0.109. The zero-order chi connectivity index (χ0) is 18.7. The van der Waals surface area contributed by atoms with Crippen LogP contribution in [0.15, 0.2) is 51.4 Å². The first-order chi connectivity index (χ1) is 12.5.